The van der Waals surface area contributed by atoms with Gasteiger partial charge in [0.1, 0.15) is 6.54 Å². The molecule has 1 N–H and O–H groups in total. The molecule has 6 heteroatoms. The Morgan fingerprint density at radius 2 is 1.76 bits per heavy atom. The van der Waals surface area contributed by atoms with Crippen LogP contribution in [0.25, 0.3) is 10.9 Å². The monoisotopic (exact) mass is 457 g/mol. The molecule has 0 atom stereocenters. The van der Waals surface area contributed by atoms with Crippen molar-refractivity contribution >= 4 is 34.1 Å². The largest absolute Gasteiger partial charge is 0.361 e. The number of aromatic amines is 1. The lowest BCUT2D eigenvalue weighted by Gasteiger charge is -2.28. The molecule has 2 amide bonds. The molecular weight excluding hydrogens is 430 g/mol. The van der Waals surface area contributed by atoms with Crippen LogP contribution in [0.2, 0.25) is 0 Å². The maximum absolute atomic E-state index is 13.5. The van der Waals surface area contributed by atoms with Gasteiger partial charge in [0.25, 0.3) is 5.91 Å². The fourth-order valence-electron chi connectivity index (χ4n) is 4.23. The summed E-state index contributed by atoms with van der Waals surface area (Å²) < 4.78 is 0. The molecule has 5 rings (SSSR count). The van der Waals surface area contributed by atoms with E-state index in [4.69, 9.17) is 0 Å². The van der Waals surface area contributed by atoms with Crippen LogP contribution in [0.15, 0.2) is 78.3 Å². The van der Waals surface area contributed by atoms with E-state index in [0.29, 0.717) is 18.0 Å². The third-order valence-electron chi connectivity index (χ3n) is 6.18. The number of H-pyrrole nitrogens is 1. The molecular formula is C27H27N3O2S. The Labute approximate surface area is 197 Å². The van der Waals surface area contributed by atoms with Gasteiger partial charge in [0, 0.05) is 36.2 Å². The number of thiophene rings is 1. The number of carbonyl (C=O) groups is 2. The van der Waals surface area contributed by atoms with Gasteiger partial charge in [-0.2, -0.15) is 0 Å². The summed E-state index contributed by atoms with van der Waals surface area (Å²) in [6.07, 6.45) is 4.73. The number of hydrogen-bond acceptors (Lipinski definition) is 3. The minimum atomic E-state index is -0.0304. The molecule has 4 aromatic rings. The predicted octanol–water partition coefficient (Wildman–Crippen LogP) is 5.11. The minimum Gasteiger partial charge on any atom is -0.361 e. The van der Waals surface area contributed by atoms with E-state index in [0.717, 1.165) is 30.3 Å². The lowest BCUT2D eigenvalue weighted by atomic mass is 10.1. The Kier molecular flexibility index (Phi) is 6.26. The summed E-state index contributed by atoms with van der Waals surface area (Å²) in [5, 5.41) is 3.10. The second kappa shape index (κ2) is 9.63. The zero-order valence-electron chi connectivity index (χ0n) is 18.4. The first-order valence-electron chi connectivity index (χ1n) is 11.4. The van der Waals surface area contributed by atoms with Crippen molar-refractivity contribution < 1.29 is 9.59 Å². The molecule has 0 aliphatic heterocycles. The molecule has 0 saturated heterocycles. The van der Waals surface area contributed by atoms with Crippen molar-refractivity contribution in [3.8, 4) is 0 Å². The van der Waals surface area contributed by atoms with Crippen LogP contribution < -0.4 is 0 Å². The summed E-state index contributed by atoms with van der Waals surface area (Å²) in [7, 11) is 0. The second-order valence-electron chi connectivity index (χ2n) is 8.55. The molecule has 0 unspecified atom stereocenters. The van der Waals surface area contributed by atoms with Gasteiger partial charge < -0.3 is 14.8 Å². The van der Waals surface area contributed by atoms with E-state index in [1.807, 2.05) is 71.1 Å². The van der Waals surface area contributed by atoms with Crippen LogP contribution in [-0.4, -0.2) is 45.7 Å². The predicted molar refractivity (Wildman–Crippen MR) is 132 cm³/mol. The number of benzene rings is 2. The minimum absolute atomic E-state index is 0.00417. The number of aromatic nitrogens is 1. The molecule has 0 spiro atoms. The van der Waals surface area contributed by atoms with Gasteiger partial charge in [-0.25, -0.2) is 0 Å². The summed E-state index contributed by atoms with van der Waals surface area (Å²) in [4.78, 5) is 34.3. The zero-order valence-corrected chi connectivity index (χ0v) is 19.3. The van der Waals surface area contributed by atoms with E-state index in [-0.39, 0.29) is 24.4 Å². The summed E-state index contributed by atoms with van der Waals surface area (Å²) >= 11 is 1.43. The van der Waals surface area contributed by atoms with Crippen molar-refractivity contribution in [3.05, 3.63) is 94.3 Å². The molecule has 2 aromatic carbocycles. The maximum atomic E-state index is 13.5. The van der Waals surface area contributed by atoms with Gasteiger partial charge in [-0.05, 0) is 47.9 Å². The highest BCUT2D eigenvalue weighted by Crippen LogP contribution is 2.29. The molecule has 168 valence electrons. The number of rotatable bonds is 9. The zero-order chi connectivity index (χ0) is 22.6. The normalized spacial score (nSPS) is 13.2. The first-order valence-corrected chi connectivity index (χ1v) is 12.3. The van der Waals surface area contributed by atoms with E-state index in [1.165, 1.54) is 22.3 Å². The van der Waals surface area contributed by atoms with Crippen LogP contribution in [0.1, 0.15) is 33.6 Å². The lowest BCUT2D eigenvalue weighted by Crippen LogP contribution is -2.44. The van der Waals surface area contributed by atoms with Gasteiger partial charge in [-0.1, -0.05) is 54.6 Å². The van der Waals surface area contributed by atoms with Crippen molar-refractivity contribution in [2.24, 2.45) is 0 Å². The number of carbonyl (C=O) groups excluding carboxylic acids is 2. The number of para-hydroxylation sites is 1. The van der Waals surface area contributed by atoms with Crippen LogP contribution in [0.5, 0.6) is 0 Å². The van der Waals surface area contributed by atoms with E-state index in [2.05, 4.69) is 17.1 Å². The van der Waals surface area contributed by atoms with Crippen LogP contribution >= 0.6 is 11.3 Å². The highest BCUT2D eigenvalue weighted by atomic mass is 32.1. The number of nitrogens with one attached hydrogen (secondary N) is 1. The molecule has 5 nitrogen and oxygen atoms in total. The van der Waals surface area contributed by atoms with E-state index in [9.17, 15) is 9.59 Å². The van der Waals surface area contributed by atoms with Crippen molar-refractivity contribution in [2.75, 3.05) is 13.1 Å². The average Bonchev–Trinajstić information content (AvgIpc) is 3.37. The molecule has 2 heterocycles. The summed E-state index contributed by atoms with van der Waals surface area (Å²) in [5.41, 5.74) is 3.40. The summed E-state index contributed by atoms with van der Waals surface area (Å²) in [6, 6.07) is 22.2. The highest BCUT2D eigenvalue weighted by Gasteiger charge is 2.35. The van der Waals surface area contributed by atoms with Crippen molar-refractivity contribution in [3.63, 3.8) is 0 Å². The Hall–Kier alpha value is -3.38. The molecule has 1 aliphatic carbocycles. The Morgan fingerprint density at radius 3 is 2.52 bits per heavy atom. The maximum Gasteiger partial charge on any atom is 0.264 e. The van der Waals surface area contributed by atoms with Gasteiger partial charge in [0.2, 0.25) is 5.91 Å². The van der Waals surface area contributed by atoms with Crippen LogP contribution in [0, 0.1) is 0 Å². The van der Waals surface area contributed by atoms with Crippen molar-refractivity contribution in [2.45, 2.75) is 31.8 Å². The van der Waals surface area contributed by atoms with Gasteiger partial charge in [0.05, 0.1) is 4.88 Å². The average molecular weight is 458 g/mol. The quantitative estimate of drug-likeness (QED) is 0.380. The van der Waals surface area contributed by atoms with Gasteiger partial charge >= 0.3 is 0 Å². The molecule has 1 fully saturated rings. The topological polar surface area (TPSA) is 56.4 Å². The molecule has 33 heavy (non-hydrogen) atoms. The molecule has 1 aliphatic rings. The van der Waals surface area contributed by atoms with Crippen LogP contribution in [0.4, 0.5) is 0 Å². The summed E-state index contributed by atoms with van der Waals surface area (Å²) in [6.45, 7) is 1.26. The van der Waals surface area contributed by atoms with E-state index in [1.54, 1.807) is 4.90 Å². The Morgan fingerprint density at radius 1 is 0.970 bits per heavy atom. The number of fused-ring (bicyclic) bond motifs is 1. The number of amides is 2. The van der Waals surface area contributed by atoms with Gasteiger partial charge in [-0.15, -0.1) is 11.3 Å². The third kappa shape index (κ3) is 5.01. The Balaban J connectivity index is 1.33. The van der Waals surface area contributed by atoms with Crippen LogP contribution in [-0.2, 0) is 17.8 Å². The van der Waals surface area contributed by atoms with Gasteiger partial charge in [0.15, 0.2) is 0 Å². The summed E-state index contributed by atoms with van der Waals surface area (Å²) in [5.74, 6) is -0.0346. The molecule has 0 radical (unpaired) electrons. The standard InChI is InChI=1S/C27H27N3O2S/c31-26(19-30(22-12-13-22)27(32)25-11-6-16-33-25)29(18-20-7-2-1-3-8-20)15-14-21-17-28-24-10-5-4-9-23(21)24/h1-11,16-17,22,28H,12-15,18-19H2. The number of nitrogens with zero attached hydrogens (tertiary/aromatic N) is 2. The Bertz CT molecular complexity index is 1230. The van der Waals surface area contributed by atoms with Crippen molar-refractivity contribution in [1.29, 1.82) is 0 Å². The third-order valence-corrected chi connectivity index (χ3v) is 7.04. The first kappa shape index (κ1) is 21.5. The van der Waals surface area contributed by atoms with E-state index >= 15 is 0 Å². The fourth-order valence-corrected chi connectivity index (χ4v) is 4.91. The SMILES string of the molecule is O=C(CN(C(=O)c1cccs1)C1CC1)N(CCc1c[nH]c2ccccc12)Cc1ccccc1. The van der Waals surface area contributed by atoms with Gasteiger partial charge in [-0.3, -0.25) is 9.59 Å². The second-order valence-corrected chi connectivity index (χ2v) is 9.50. The fraction of sp³-hybridized carbons (Fsp3) is 0.259. The van der Waals surface area contributed by atoms with Crippen LogP contribution in [0.3, 0.4) is 0 Å². The first-order chi connectivity index (χ1) is 16.2. The molecule has 0 bridgehead atoms. The highest BCUT2D eigenvalue weighted by molar-refractivity contribution is 7.12. The molecule has 1 saturated carbocycles. The molecule has 2 aromatic heterocycles. The lowest BCUT2D eigenvalue weighted by molar-refractivity contribution is -0.132. The van der Waals surface area contributed by atoms with E-state index < -0.39 is 0 Å². The smallest absolute Gasteiger partial charge is 0.264 e. The van der Waals surface area contributed by atoms with Crippen molar-refractivity contribution in [1.82, 2.24) is 14.8 Å². The number of hydrogen-bond donors (Lipinski definition) is 1.